The summed E-state index contributed by atoms with van der Waals surface area (Å²) in [6.45, 7) is 1.27. The summed E-state index contributed by atoms with van der Waals surface area (Å²) >= 11 is 8.29. The van der Waals surface area contributed by atoms with Gasteiger partial charge in [-0.15, -0.1) is 5.10 Å². The molecule has 0 aliphatic heterocycles. The van der Waals surface area contributed by atoms with E-state index in [9.17, 15) is 31.5 Å². The summed E-state index contributed by atoms with van der Waals surface area (Å²) in [7, 11) is 1.44. The van der Waals surface area contributed by atoms with Gasteiger partial charge in [0.2, 0.25) is 0 Å². The maximum atomic E-state index is 13.7. The number of anilines is 1. The Bertz CT molecular complexity index is 1600. The minimum atomic E-state index is -5.86. The Hall–Kier alpha value is -3.67. The van der Waals surface area contributed by atoms with Crippen molar-refractivity contribution in [3.8, 4) is 5.82 Å². The van der Waals surface area contributed by atoms with Crippen LogP contribution in [0.5, 0.6) is 0 Å². The zero-order valence-corrected chi connectivity index (χ0v) is 23.3. The maximum absolute atomic E-state index is 13.7. The summed E-state index contributed by atoms with van der Waals surface area (Å²) in [5, 5.41) is 15.9. The molecule has 0 saturated carbocycles. The molecule has 10 nitrogen and oxygen atoms in total. The van der Waals surface area contributed by atoms with Crippen LogP contribution in [0.2, 0.25) is 5.02 Å². The number of hydrogen-bond donors (Lipinski definition) is 2. The average Bonchev–Trinajstić information content (AvgIpc) is 3.52. The lowest BCUT2D eigenvalue weighted by Gasteiger charge is -2.16. The van der Waals surface area contributed by atoms with Crippen molar-refractivity contribution in [3.63, 3.8) is 0 Å². The Morgan fingerprint density at radius 1 is 1.12 bits per heavy atom. The fourth-order valence-electron chi connectivity index (χ4n) is 3.59. The molecule has 0 bridgehead atoms. The van der Waals surface area contributed by atoms with E-state index in [1.54, 1.807) is 25.1 Å². The van der Waals surface area contributed by atoms with E-state index in [-0.39, 0.29) is 33.5 Å². The highest BCUT2D eigenvalue weighted by molar-refractivity contribution is 14.1. The van der Waals surface area contributed by atoms with Gasteiger partial charge in [-0.1, -0.05) is 16.8 Å². The number of halogens is 7. The molecule has 2 N–H and O–H groups in total. The molecule has 0 unspecified atom stereocenters. The predicted molar refractivity (Wildman–Crippen MR) is 141 cm³/mol. The number of carbonyl (C=O) groups excluding carboxylic acids is 2. The molecular formula is C23H17ClF5IN8O2. The Morgan fingerprint density at radius 3 is 2.50 bits per heavy atom. The number of amides is 2. The second kappa shape index (κ2) is 11.1. The van der Waals surface area contributed by atoms with Gasteiger partial charge in [0.05, 0.1) is 34.7 Å². The van der Waals surface area contributed by atoms with Gasteiger partial charge in [0.1, 0.15) is 5.69 Å². The third kappa shape index (κ3) is 5.77. The molecule has 0 atom stereocenters. The van der Waals surface area contributed by atoms with Crippen molar-refractivity contribution in [1.82, 2.24) is 35.1 Å². The second-order valence-electron chi connectivity index (χ2n) is 8.29. The minimum Gasteiger partial charge on any atom is -0.355 e. The van der Waals surface area contributed by atoms with Crippen LogP contribution < -0.4 is 10.6 Å². The van der Waals surface area contributed by atoms with E-state index >= 15 is 0 Å². The molecule has 0 spiro atoms. The number of alkyl halides is 5. The van der Waals surface area contributed by atoms with Crippen LogP contribution in [0.4, 0.5) is 27.6 Å². The Kier molecular flexibility index (Phi) is 8.11. The van der Waals surface area contributed by atoms with Gasteiger partial charge in [0.25, 0.3) is 11.8 Å². The quantitative estimate of drug-likeness (QED) is 0.213. The molecule has 4 rings (SSSR count). The standard InChI is InChI=1S/C23H17ClF5IN8O2/c1-11-6-12(30)7-14(20(39)31-2)18(11)33-21(40)16-8-13(35-38(16)19-15(24)4-3-5-32-19)9-37-10-17(34-36-37)22(25,26)23(27,28)29/h3-8,10H,9H2,1-2H3,(H,31,39)(H,33,40). The first-order valence-corrected chi connectivity index (χ1v) is 12.6. The van der Waals surface area contributed by atoms with Crippen LogP contribution >= 0.6 is 34.2 Å². The van der Waals surface area contributed by atoms with Crippen LogP contribution in [0, 0.1) is 10.5 Å². The molecule has 1 aromatic carbocycles. The van der Waals surface area contributed by atoms with Gasteiger partial charge in [-0.25, -0.2) is 14.3 Å². The number of carbonyl (C=O) groups is 2. The van der Waals surface area contributed by atoms with Crippen molar-refractivity contribution in [1.29, 1.82) is 0 Å². The zero-order valence-electron chi connectivity index (χ0n) is 20.4. The normalized spacial score (nSPS) is 11.9. The Morgan fingerprint density at radius 2 is 1.85 bits per heavy atom. The molecule has 0 radical (unpaired) electrons. The van der Waals surface area contributed by atoms with Crippen molar-refractivity contribution in [2.75, 3.05) is 12.4 Å². The lowest BCUT2D eigenvalue weighted by Crippen LogP contribution is -2.34. The van der Waals surface area contributed by atoms with E-state index in [1.165, 1.54) is 25.4 Å². The summed E-state index contributed by atoms with van der Waals surface area (Å²) in [4.78, 5) is 30.1. The average molecular weight is 695 g/mol. The fraction of sp³-hybridized carbons (Fsp3) is 0.217. The molecule has 0 saturated heterocycles. The number of hydrogen-bond acceptors (Lipinski definition) is 6. The van der Waals surface area contributed by atoms with Crippen LogP contribution in [-0.2, 0) is 12.5 Å². The molecule has 0 aliphatic rings. The molecule has 3 aromatic heterocycles. The summed E-state index contributed by atoms with van der Waals surface area (Å²) in [6, 6.07) is 7.62. The highest BCUT2D eigenvalue weighted by Gasteiger charge is 2.60. The van der Waals surface area contributed by atoms with E-state index in [4.69, 9.17) is 11.6 Å². The van der Waals surface area contributed by atoms with E-state index in [0.29, 0.717) is 11.8 Å². The summed E-state index contributed by atoms with van der Waals surface area (Å²) in [5.74, 6) is -6.37. The van der Waals surface area contributed by atoms with Gasteiger partial charge in [0.15, 0.2) is 11.5 Å². The zero-order chi connectivity index (χ0) is 29.4. The van der Waals surface area contributed by atoms with E-state index in [2.05, 4.69) is 31.0 Å². The van der Waals surface area contributed by atoms with Crippen LogP contribution in [0.15, 0.2) is 42.7 Å². The number of nitrogens with one attached hydrogen (secondary N) is 2. The molecule has 0 aliphatic carbocycles. The van der Waals surface area contributed by atoms with Gasteiger partial charge in [-0.2, -0.15) is 27.1 Å². The lowest BCUT2D eigenvalue weighted by atomic mass is 10.1. The van der Waals surface area contributed by atoms with Crippen molar-refractivity contribution < 1.29 is 31.5 Å². The van der Waals surface area contributed by atoms with Crippen molar-refractivity contribution in [2.24, 2.45) is 0 Å². The van der Waals surface area contributed by atoms with Gasteiger partial charge in [-0.05, 0) is 65.4 Å². The van der Waals surface area contributed by atoms with E-state index < -0.39 is 36.2 Å². The summed E-state index contributed by atoms with van der Waals surface area (Å²) < 4.78 is 68.1. The largest absolute Gasteiger partial charge is 0.459 e. The molecule has 2 amide bonds. The summed E-state index contributed by atoms with van der Waals surface area (Å²) in [5.41, 5.74) is -0.686. The van der Waals surface area contributed by atoms with Crippen LogP contribution in [0.1, 0.15) is 37.8 Å². The van der Waals surface area contributed by atoms with Crippen LogP contribution in [-0.4, -0.2) is 54.8 Å². The van der Waals surface area contributed by atoms with Crippen LogP contribution in [0.25, 0.3) is 5.82 Å². The smallest absolute Gasteiger partial charge is 0.355 e. The SMILES string of the molecule is CNC(=O)c1cc(I)cc(C)c1NC(=O)c1cc(Cn2cc(C(F)(F)C(F)(F)F)nn2)nn1-c1ncccc1Cl. The molecule has 3 heterocycles. The molecule has 0 fully saturated rings. The first-order valence-electron chi connectivity index (χ1n) is 11.1. The number of aryl methyl sites for hydroxylation is 1. The third-order valence-corrected chi connectivity index (χ3v) is 6.40. The van der Waals surface area contributed by atoms with Crippen molar-refractivity contribution >= 4 is 51.7 Å². The van der Waals surface area contributed by atoms with E-state index in [1.807, 2.05) is 22.6 Å². The van der Waals surface area contributed by atoms with Crippen LogP contribution in [0.3, 0.4) is 0 Å². The second-order valence-corrected chi connectivity index (χ2v) is 9.95. The number of benzene rings is 1. The molecule has 210 valence electrons. The topological polar surface area (TPSA) is 120 Å². The van der Waals surface area contributed by atoms with Gasteiger partial charge < -0.3 is 10.6 Å². The van der Waals surface area contributed by atoms with Gasteiger partial charge >= 0.3 is 12.1 Å². The highest BCUT2D eigenvalue weighted by Crippen LogP contribution is 2.42. The third-order valence-electron chi connectivity index (χ3n) is 5.48. The first-order chi connectivity index (χ1) is 18.7. The number of rotatable bonds is 7. The molecular weight excluding hydrogens is 678 g/mol. The molecule has 4 aromatic rings. The number of pyridine rings is 1. The molecule has 17 heteroatoms. The number of nitrogens with zero attached hydrogens (tertiary/aromatic N) is 6. The van der Waals surface area contributed by atoms with E-state index in [0.717, 1.165) is 12.9 Å². The van der Waals surface area contributed by atoms with Crippen molar-refractivity contribution in [2.45, 2.75) is 25.6 Å². The lowest BCUT2D eigenvalue weighted by molar-refractivity contribution is -0.291. The number of aromatic nitrogens is 6. The molecule has 40 heavy (non-hydrogen) atoms. The fourth-order valence-corrected chi connectivity index (χ4v) is 4.58. The monoisotopic (exact) mass is 694 g/mol. The highest BCUT2D eigenvalue weighted by atomic mass is 127. The Labute approximate surface area is 241 Å². The predicted octanol–water partition coefficient (Wildman–Crippen LogP) is 4.74. The summed E-state index contributed by atoms with van der Waals surface area (Å²) in [6.07, 6.45) is -4.04. The van der Waals surface area contributed by atoms with Crippen molar-refractivity contribution in [3.05, 3.63) is 79.5 Å². The Balaban J connectivity index is 1.74. The van der Waals surface area contributed by atoms with Gasteiger partial charge in [-0.3, -0.25) is 9.59 Å². The van der Waals surface area contributed by atoms with Gasteiger partial charge in [0, 0.05) is 16.8 Å². The first kappa shape index (κ1) is 29.3. The minimum absolute atomic E-state index is 0.0319. The maximum Gasteiger partial charge on any atom is 0.459 e.